The molecule has 0 radical (unpaired) electrons. The van der Waals surface area contributed by atoms with Crippen LogP contribution >= 0.6 is 27.7 Å². The van der Waals surface area contributed by atoms with Gasteiger partial charge in [0, 0.05) is 60.0 Å². The standard InChI is InChI=1S/C26H26BrFN6O3S/c1-32-11-13-33(14-12-32)26(36)38-25-31-30-24-20(8-10-22(35)37-2)29-23(17-5-3-4-6-19(17)28)18-15-16(27)7-9-21(18)34(24)25/h3-7,9,15,20H,8,10-14H2,1-2H3/t20-/m0/s1. The van der Waals surface area contributed by atoms with Gasteiger partial charge >= 0.3 is 5.97 Å². The van der Waals surface area contributed by atoms with E-state index in [4.69, 9.17) is 9.73 Å². The Balaban J connectivity index is 1.62. The number of aliphatic imine (C=N–C) groups is 1. The number of methoxy groups -OCH3 is 1. The van der Waals surface area contributed by atoms with E-state index in [-0.39, 0.29) is 24.1 Å². The molecule has 2 aliphatic rings. The Hall–Kier alpha value is -3.09. The Bertz CT molecular complexity index is 1410. The Kier molecular flexibility index (Phi) is 7.91. The first-order valence-electron chi connectivity index (χ1n) is 12.2. The molecule has 0 bridgehead atoms. The molecule has 9 nitrogen and oxygen atoms in total. The minimum Gasteiger partial charge on any atom is -0.469 e. The van der Waals surface area contributed by atoms with Gasteiger partial charge in [-0.25, -0.2) is 4.39 Å². The van der Waals surface area contributed by atoms with Gasteiger partial charge in [0.15, 0.2) is 5.82 Å². The van der Waals surface area contributed by atoms with Crippen LogP contribution in [0.15, 0.2) is 57.1 Å². The van der Waals surface area contributed by atoms with Crippen LogP contribution in [0.1, 0.15) is 35.8 Å². The molecule has 12 heteroatoms. The molecule has 2 aliphatic heterocycles. The van der Waals surface area contributed by atoms with Crippen molar-refractivity contribution in [3.63, 3.8) is 0 Å². The van der Waals surface area contributed by atoms with E-state index < -0.39 is 11.9 Å². The van der Waals surface area contributed by atoms with Gasteiger partial charge < -0.3 is 14.5 Å². The maximum absolute atomic E-state index is 15.1. The number of rotatable bonds is 5. The molecule has 0 spiro atoms. The van der Waals surface area contributed by atoms with Crippen LogP contribution in [0.2, 0.25) is 0 Å². The molecule has 0 aliphatic carbocycles. The van der Waals surface area contributed by atoms with Crippen LogP contribution in [-0.2, 0) is 9.53 Å². The van der Waals surface area contributed by atoms with Gasteiger partial charge in [-0.1, -0.05) is 28.1 Å². The minimum atomic E-state index is -0.629. The molecule has 3 heterocycles. The smallest absolute Gasteiger partial charge is 0.305 e. The molecule has 3 aromatic rings. The number of halogens is 2. The summed E-state index contributed by atoms with van der Waals surface area (Å²) in [7, 11) is 3.36. The predicted molar refractivity (Wildman–Crippen MR) is 145 cm³/mol. The molecule has 0 N–H and O–H groups in total. The predicted octanol–water partition coefficient (Wildman–Crippen LogP) is 4.47. The van der Waals surface area contributed by atoms with E-state index in [1.54, 1.807) is 22.8 Å². The van der Waals surface area contributed by atoms with Gasteiger partial charge in [-0.2, -0.15) is 0 Å². The van der Waals surface area contributed by atoms with Crippen molar-refractivity contribution in [1.82, 2.24) is 24.6 Å². The number of esters is 1. The second-order valence-electron chi connectivity index (χ2n) is 9.08. The molecule has 5 rings (SSSR count). The van der Waals surface area contributed by atoms with Crippen LogP contribution in [0, 0.1) is 5.82 Å². The van der Waals surface area contributed by atoms with Crippen molar-refractivity contribution in [2.75, 3.05) is 40.3 Å². The Morgan fingerprint density at radius 3 is 2.61 bits per heavy atom. The normalized spacial score (nSPS) is 17.3. The summed E-state index contributed by atoms with van der Waals surface area (Å²) < 4.78 is 22.5. The van der Waals surface area contributed by atoms with Crippen molar-refractivity contribution in [2.45, 2.75) is 24.0 Å². The summed E-state index contributed by atoms with van der Waals surface area (Å²) >= 11 is 4.55. The molecule has 0 saturated carbocycles. The van der Waals surface area contributed by atoms with E-state index in [2.05, 4.69) is 31.0 Å². The van der Waals surface area contributed by atoms with E-state index in [0.717, 1.165) is 29.3 Å². The number of carbonyl (C=O) groups excluding carboxylic acids is 2. The third kappa shape index (κ3) is 5.38. The summed E-state index contributed by atoms with van der Waals surface area (Å²) in [4.78, 5) is 34.2. The number of aromatic nitrogens is 3. The zero-order chi connectivity index (χ0) is 26.8. The SMILES string of the molecule is COC(=O)CC[C@@H]1N=C(c2ccccc2F)c2cc(Br)ccc2-n2c(SC(=O)N3CCN(C)CC3)nnc21. The first-order chi connectivity index (χ1) is 18.4. The molecule has 1 atom stereocenters. The molecule has 2 aromatic carbocycles. The van der Waals surface area contributed by atoms with Gasteiger partial charge in [-0.15, -0.1) is 10.2 Å². The highest BCUT2D eigenvalue weighted by Gasteiger charge is 2.32. The summed E-state index contributed by atoms with van der Waals surface area (Å²) in [5, 5.41) is 9.08. The van der Waals surface area contributed by atoms with Crippen molar-refractivity contribution in [3.8, 4) is 5.69 Å². The number of amides is 1. The number of ether oxygens (including phenoxy) is 1. The molecule has 1 saturated heterocycles. The van der Waals surface area contributed by atoms with Gasteiger partial charge in [-0.3, -0.25) is 19.1 Å². The lowest BCUT2D eigenvalue weighted by Gasteiger charge is -2.31. The molecular formula is C26H26BrFN6O3S. The maximum Gasteiger partial charge on any atom is 0.305 e. The molecule has 0 unspecified atom stereocenters. The Morgan fingerprint density at radius 1 is 1.11 bits per heavy atom. The number of thioether (sulfide) groups is 1. The van der Waals surface area contributed by atoms with Crippen LogP contribution in [-0.4, -0.2) is 81.8 Å². The summed E-state index contributed by atoms with van der Waals surface area (Å²) in [6.45, 7) is 2.87. The third-order valence-corrected chi connectivity index (χ3v) is 7.99. The number of benzene rings is 2. The van der Waals surface area contributed by atoms with Crippen molar-refractivity contribution in [1.29, 1.82) is 0 Å². The van der Waals surface area contributed by atoms with Crippen molar-refractivity contribution < 1.29 is 18.7 Å². The molecule has 38 heavy (non-hydrogen) atoms. The molecule has 1 aromatic heterocycles. The van der Waals surface area contributed by atoms with E-state index in [1.165, 1.54) is 13.2 Å². The number of hydrogen-bond acceptors (Lipinski definition) is 8. The highest BCUT2D eigenvalue weighted by atomic mass is 79.9. The Morgan fingerprint density at radius 2 is 1.87 bits per heavy atom. The molecule has 198 valence electrons. The summed E-state index contributed by atoms with van der Waals surface area (Å²) in [6.07, 6.45) is 0.361. The zero-order valence-corrected chi connectivity index (χ0v) is 23.3. The lowest BCUT2D eigenvalue weighted by Crippen LogP contribution is -2.45. The second-order valence-corrected chi connectivity index (χ2v) is 10.9. The largest absolute Gasteiger partial charge is 0.469 e. The fourth-order valence-electron chi connectivity index (χ4n) is 4.52. The second kappa shape index (κ2) is 11.3. The van der Waals surface area contributed by atoms with E-state index in [9.17, 15) is 9.59 Å². The average Bonchev–Trinajstić information content (AvgIpc) is 3.26. The van der Waals surface area contributed by atoms with Crippen LogP contribution in [0.4, 0.5) is 9.18 Å². The third-order valence-electron chi connectivity index (χ3n) is 6.61. The Labute approximate surface area is 232 Å². The number of piperazine rings is 1. The quantitative estimate of drug-likeness (QED) is 0.315. The van der Waals surface area contributed by atoms with Gasteiger partial charge in [-0.05, 0) is 43.8 Å². The summed E-state index contributed by atoms with van der Waals surface area (Å²) in [6, 6.07) is 11.4. The monoisotopic (exact) mass is 600 g/mol. The number of carbonyl (C=O) groups is 2. The first-order valence-corrected chi connectivity index (χ1v) is 13.8. The number of nitrogens with zero attached hydrogens (tertiary/aromatic N) is 6. The van der Waals surface area contributed by atoms with Gasteiger partial charge in [0.25, 0.3) is 5.24 Å². The van der Waals surface area contributed by atoms with Crippen molar-refractivity contribution >= 4 is 44.6 Å². The molecular weight excluding hydrogens is 575 g/mol. The minimum absolute atomic E-state index is 0.0881. The summed E-state index contributed by atoms with van der Waals surface area (Å²) in [5.41, 5.74) is 2.09. The van der Waals surface area contributed by atoms with Crippen LogP contribution in [0.3, 0.4) is 0 Å². The zero-order valence-electron chi connectivity index (χ0n) is 20.9. The number of hydrogen-bond donors (Lipinski definition) is 0. The fraction of sp³-hybridized carbons (Fsp3) is 0.346. The average molecular weight is 602 g/mol. The molecule has 1 fully saturated rings. The number of fused-ring (bicyclic) bond motifs is 3. The van der Waals surface area contributed by atoms with Crippen molar-refractivity contribution in [2.24, 2.45) is 4.99 Å². The number of likely N-dealkylation sites (N-methyl/N-ethyl adjacent to an activating group) is 1. The van der Waals surface area contributed by atoms with Gasteiger partial charge in [0.05, 0.1) is 18.5 Å². The van der Waals surface area contributed by atoms with Gasteiger partial charge in [0.2, 0.25) is 5.16 Å². The van der Waals surface area contributed by atoms with Crippen LogP contribution < -0.4 is 0 Å². The van der Waals surface area contributed by atoms with E-state index >= 15 is 4.39 Å². The highest BCUT2D eigenvalue weighted by molar-refractivity contribution is 9.10. The maximum atomic E-state index is 15.1. The summed E-state index contributed by atoms with van der Waals surface area (Å²) in [5.74, 6) is -0.332. The van der Waals surface area contributed by atoms with E-state index in [1.807, 2.05) is 30.1 Å². The van der Waals surface area contributed by atoms with Crippen LogP contribution in [0.5, 0.6) is 0 Å². The van der Waals surface area contributed by atoms with Gasteiger partial charge in [0.1, 0.15) is 11.9 Å². The topological polar surface area (TPSA) is 92.9 Å². The fourth-order valence-corrected chi connectivity index (χ4v) is 5.71. The lowest BCUT2D eigenvalue weighted by molar-refractivity contribution is -0.140. The highest BCUT2D eigenvalue weighted by Crippen LogP contribution is 2.37. The van der Waals surface area contributed by atoms with Crippen LogP contribution in [0.25, 0.3) is 5.69 Å². The van der Waals surface area contributed by atoms with E-state index in [0.29, 0.717) is 46.6 Å². The lowest BCUT2D eigenvalue weighted by atomic mass is 10.00. The van der Waals surface area contributed by atoms with Crippen molar-refractivity contribution in [3.05, 3.63) is 69.7 Å². The first kappa shape index (κ1) is 26.5. The molecule has 1 amide bonds.